The highest BCUT2D eigenvalue weighted by molar-refractivity contribution is 9.10. The molecule has 0 aliphatic rings. The minimum Gasteiger partial charge on any atom is -0.329 e. The van der Waals surface area contributed by atoms with Gasteiger partial charge in [0.2, 0.25) is 0 Å². The first-order valence-corrected chi connectivity index (χ1v) is 6.59. The minimum absolute atomic E-state index is 0.135. The van der Waals surface area contributed by atoms with Crippen LogP contribution in [0.4, 0.5) is 13.2 Å². The van der Waals surface area contributed by atoms with E-state index in [0.29, 0.717) is 15.6 Å². The third kappa shape index (κ3) is 1.95. The van der Waals surface area contributed by atoms with Crippen LogP contribution in [0.2, 0.25) is 0 Å². The van der Waals surface area contributed by atoms with E-state index in [2.05, 4.69) is 25.9 Å². The Labute approximate surface area is 124 Å². The van der Waals surface area contributed by atoms with Crippen molar-refractivity contribution in [3.05, 3.63) is 51.1 Å². The van der Waals surface area contributed by atoms with Gasteiger partial charge in [-0.1, -0.05) is 0 Å². The molecular formula is C12H5BrF3N3S. The fourth-order valence-electron chi connectivity index (χ4n) is 1.88. The number of hydrogen-bond donors (Lipinski definition) is 1. The molecule has 0 bridgehead atoms. The first kappa shape index (κ1) is 13.3. The van der Waals surface area contributed by atoms with Crippen molar-refractivity contribution < 1.29 is 13.2 Å². The number of benzene rings is 1. The molecule has 20 heavy (non-hydrogen) atoms. The lowest BCUT2D eigenvalue weighted by molar-refractivity contribution is 0.445. The summed E-state index contributed by atoms with van der Waals surface area (Å²) in [6, 6.07) is 3.65. The van der Waals surface area contributed by atoms with Crippen molar-refractivity contribution in [2.24, 2.45) is 0 Å². The van der Waals surface area contributed by atoms with Crippen LogP contribution in [0, 0.1) is 22.2 Å². The van der Waals surface area contributed by atoms with Crippen LogP contribution in [0.25, 0.3) is 16.9 Å². The van der Waals surface area contributed by atoms with E-state index in [0.717, 1.165) is 12.1 Å². The SMILES string of the molecule is Fc1ccc(-n2c(=S)[nH]c3cc(Br)cnc32)c(F)c1F. The van der Waals surface area contributed by atoms with Crippen LogP contribution in [0.3, 0.4) is 0 Å². The quantitative estimate of drug-likeness (QED) is 0.520. The molecule has 0 saturated heterocycles. The molecule has 8 heteroatoms. The summed E-state index contributed by atoms with van der Waals surface area (Å²) in [4.78, 5) is 6.94. The molecule has 3 aromatic rings. The zero-order valence-electron chi connectivity index (χ0n) is 9.62. The molecule has 2 heterocycles. The Kier molecular flexibility index (Phi) is 3.14. The first-order chi connectivity index (χ1) is 9.49. The van der Waals surface area contributed by atoms with Crippen LogP contribution in [-0.2, 0) is 0 Å². The molecule has 0 radical (unpaired) electrons. The highest BCUT2D eigenvalue weighted by Crippen LogP contribution is 2.24. The van der Waals surface area contributed by atoms with Gasteiger partial charge in [-0.2, -0.15) is 0 Å². The first-order valence-electron chi connectivity index (χ1n) is 5.39. The topological polar surface area (TPSA) is 33.6 Å². The van der Waals surface area contributed by atoms with E-state index in [-0.39, 0.29) is 10.5 Å². The Morgan fingerprint density at radius 1 is 1.20 bits per heavy atom. The summed E-state index contributed by atoms with van der Waals surface area (Å²) in [6.07, 6.45) is 1.50. The Balaban J connectivity index is 2.38. The Bertz CT molecular complexity index is 888. The number of fused-ring (bicyclic) bond motifs is 1. The van der Waals surface area contributed by atoms with Gasteiger partial charge in [-0.05, 0) is 46.3 Å². The molecule has 0 amide bonds. The number of imidazole rings is 1. The van der Waals surface area contributed by atoms with E-state index in [4.69, 9.17) is 12.2 Å². The average Bonchev–Trinajstić information content (AvgIpc) is 2.72. The largest absolute Gasteiger partial charge is 0.329 e. The van der Waals surface area contributed by atoms with Crippen molar-refractivity contribution in [3.63, 3.8) is 0 Å². The summed E-state index contributed by atoms with van der Waals surface area (Å²) < 4.78 is 42.3. The normalized spacial score (nSPS) is 11.2. The molecule has 3 nitrogen and oxygen atoms in total. The Morgan fingerprint density at radius 2 is 1.95 bits per heavy atom. The van der Waals surface area contributed by atoms with Crippen molar-refractivity contribution >= 4 is 39.3 Å². The van der Waals surface area contributed by atoms with Gasteiger partial charge in [-0.15, -0.1) is 0 Å². The molecule has 0 fully saturated rings. The fourth-order valence-corrected chi connectivity index (χ4v) is 2.51. The zero-order valence-corrected chi connectivity index (χ0v) is 12.0. The van der Waals surface area contributed by atoms with Crippen LogP contribution in [0.15, 0.2) is 28.9 Å². The van der Waals surface area contributed by atoms with Gasteiger partial charge in [0.05, 0.1) is 11.2 Å². The highest BCUT2D eigenvalue weighted by atomic mass is 79.9. The zero-order chi connectivity index (χ0) is 14.4. The van der Waals surface area contributed by atoms with Crippen molar-refractivity contribution in [2.45, 2.75) is 0 Å². The van der Waals surface area contributed by atoms with Crippen LogP contribution in [-0.4, -0.2) is 14.5 Å². The van der Waals surface area contributed by atoms with Crippen molar-refractivity contribution in [3.8, 4) is 5.69 Å². The van der Waals surface area contributed by atoms with E-state index in [9.17, 15) is 13.2 Å². The molecule has 0 unspecified atom stereocenters. The molecule has 0 aliphatic heterocycles. The smallest absolute Gasteiger partial charge is 0.196 e. The number of pyridine rings is 1. The molecular weight excluding hydrogens is 355 g/mol. The minimum atomic E-state index is -1.55. The van der Waals surface area contributed by atoms with E-state index in [1.165, 1.54) is 10.8 Å². The maximum Gasteiger partial charge on any atom is 0.196 e. The third-order valence-corrected chi connectivity index (χ3v) is 3.46. The molecule has 102 valence electrons. The summed E-state index contributed by atoms with van der Waals surface area (Å²) in [6.45, 7) is 0. The second-order valence-corrected chi connectivity index (χ2v) is 5.29. The van der Waals surface area contributed by atoms with Crippen molar-refractivity contribution in [1.82, 2.24) is 14.5 Å². The predicted molar refractivity (Wildman–Crippen MR) is 73.8 cm³/mol. The lowest BCUT2D eigenvalue weighted by Crippen LogP contribution is -2.02. The van der Waals surface area contributed by atoms with Gasteiger partial charge in [0, 0.05) is 10.7 Å². The summed E-state index contributed by atoms with van der Waals surface area (Å²) >= 11 is 8.33. The number of H-pyrrole nitrogens is 1. The predicted octanol–water partition coefficient (Wildman–Crippen LogP) is 4.26. The van der Waals surface area contributed by atoms with Gasteiger partial charge in [0.15, 0.2) is 27.9 Å². The van der Waals surface area contributed by atoms with E-state index >= 15 is 0 Å². The Morgan fingerprint density at radius 3 is 2.70 bits per heavy atom. The fraction of sp³-hybridized carbons (Fsp3) is 0. The molecule has 0 saturated carbocycles. The number of aromatic amines is 1. The molecule has 1 N–H and O–H groups in total. The second-order valence-electron chi connectivity index (χ2n) is 3.98. The van der Waals surface area contributed by atoms with E-state index < -0.39 is 17.5 Å². The molecule has 3 rings (SSSR count). The summed E-state index contributed by atoms with van der Waals surface area (Å²) in [7, 11) is 0. The molecule has 0 spiro atoms. The molecule has 0 atom stereocenters. The van der Waals surface area contributed by atoms with E-state index in [1.807, 2.05) is 0 Å². The van der Waals surface area contributed by atoms with Gasteiger partial charge in [0.1, 0.15) is 0 Å². The van der Waals surface area contributed by atoms with Crippen molar-refractivity contribution in [1.29, 1.82) is 0 Å². The monoisotopic (exact) mass is 359 g/mol. The number of nitrogens with zero attached hydrogens (tertiary/aromatic N) is 2. The summed E-state index contributed by atoms with van der Waals surface area (Å²) in [5.41, 5.74) is 0.673. The van der Waals surface area contributed by atoms with Crippen LogP contribution < -0.4 is 0 Å². The summed E-state index contributed by atoms with van der Waals surface area (Å²) in [5, 5.41) is 0. The number of hydrogen-bond acceptors (Lipinski definition) is 2. The molecule has 0 aliphatic carbocycles. The average molecular weight is 360 g/mol. The van der Waals surface area contributed by atoms with Crippen LogP contribution in [0.5, 0.6) is 0 Å². The third-order valence-electron chi connectivity index (χ3n) is 2.75. The highest BCUT2D eigenvalue weighted by Gasteiger charge is 2.18. The van der Waals surface area contributed by atoms with Gasteiger partial charge < -0.3 is 4.98 Å². The maximum atomic E-state index is 13.9. The standard InChI is InChI=1S/C12H5BrF3N3S/c13-5-3-7-11(17-4-5)19(12(20)18-7)8-2-1-6(14)9(15)10(8)16/h1-4H,(H,18,20). The van der Waals surface area contributed by atoms with Crippen molar-refractivity contribution in [2.75, 3.05) is 0 Å². The number of rotatable bonds is 1. The van der Waals surface area contributed by atoms with E-state index in [1.54, 1.807) is 6.07 Å². The maximum absolute atomic E-state index is 13.9. The van der Waals surface area contributed by atoms with Gasteiger partial charge in [-0.25, -0.2) is 18.2 Å². The molecule has 1 aromatic carbocycles. The van der Waals surface area contributed by atoms with Gasteiger partial charge >= 0.3 is 0 Å². The Hall–Kier alpha value is -1.67. The summed E-state index contributed by atoms with van der Waals surface area (Å²) in [5.74, 6) is -4.11. The lowest BCUT2D eigenvalue weighted by Gasteiger charge is -2.06. The number of halogens is 4. The number of nitrogens with one attached hydrogen (secondary N) is 1. The van der Waals surface area contributed by atoms with Crippen LogP contribution in [0.1, 0.15) is 0 Å². The molecule has 2 aromatic heterocycles. The number of aromatic nitrogens is 3. The van der Waals surface area contributed by atoms with Gasteiger partial charge in [0.25, 0.3) is 0 Å². The second kappa shape index (κ2) is 4.71. The van der Waals surface area contributed by atoms with Crippen LogP contribution >= 0.6 is 28.1 Å². The van der Waals surface area contributed by atoms with Gasteiger partial charge in [-0.3, -0.25) is 4.57 Å². The lowest BCUT2D eigenvalue weighted by atomic mass is 10.2.